The molecule has 0 bridgehead atoms. The summed E-state index contributed by atoms with van der Waals surface area (Å²) in [6.07, 6.45) is 1.33. The Morgan fingerprint density at radius 1 is 1.36 bits per heavy atom. The minimum atomic E-state index is -0.807. The largest absolute Gasteiger partial charge is 0.378 e. The van der Waals surface area contributed by atoms with E-state index in [0.29, 0.717) is 19.4 Å². The molecule has 2 nitrogen and oxygen atoms in total. The van der Waals surface area contributed by atoms with Crippen LogP contribution in [0.25, 0.3) is 0 Å². The van der Waals surface area contributed by atoms with Crippen LogP contribution in [0.3, 0.4) is 0 Å². The zero-order valence-electron chi connectivity index (χ0n) is 7.48. The first kappa shape index (κ1) is 10.5. The Bertz CT molecular complexity index is 149. The van der Waals surface area contributed by atoms with Crippen molar-refractivity contribution in [1.82, 2.24) is 0 Å². The average Bonchev–Trinajstić information content (AvgIpc) is 2.05. The Kier molecular flexibility index (Phi) is 4.93. The molecule has 0 aromatic rings. The second kappa shape index (κ2) is 5.17. The van der Waals surface area contributed by atoms with Crippen LogP contribution < -0.4 is 0 Å². The second-order valence-electron chi connectivity index (χ2n) is 2.47. The van der Waals surface area contributed by atoms with Crippen molar-refractivity contribution in [2.45, 2.75) is 32.3 Å². The predicted molar refractivity (Wildman–Crippen MR) is 45.2 cm³/mol. The molecule has 0 amide bonds. The van der Waals surface area contributed by atoms with Gasteiger partial charge >= 0.3 is 0 Å². The summed E-state index contributed by atoms with van der Waals surface area (Å²) in [5.74, 6) is 5.53. The Morgan fingerprint density at radius 2 is 1.91 bits per heavy atom. The van der Waals surface area contributed by atoms with E-state index < -0.39 is 5.60 Å². The van der Waals surface area contributed by atoms with E-state index in [9.17, 15) is 5.11 Å². The van der Waals surface area contributed by atoms with Crippen LogP contribution in [0.2, 0.25) is 0 Å². The van der Waals surface area contributed by atoms with Crippen LogP contribution in [0, 0.1) is 11.8 Å². The molecule has 0 rings (SSSR count). The van der Waals surface area contributed by atoms with Gasteiger partial charge < -0.3 is 9.84 Å². The van der Waals surface area contributed by atoms with Gasteiger partial charge in [-0.15, -0.1) is 0 Å². The molecule has 0 fully saturated rings. The highest BCUT2D eigenvalue weighted by Gasteiger charge is 2.17. The third kappa shape index (κ3) is 4.02. The maximum Gasteiger partial charge on any atom is 0.125 e. The average molecular weight is 156 g/mol. The van der Waals surface area contributed by atoms with Gasteiger partial charge in [0, 0.05) is 7.11 Å². The molecule has 0 aromatic heterocycles. The Hall–Kier alpha value is -0.520. The molecule has 0 heterocycles. The molecule has 11 heavy (non-hydrogen) atoms. The number of ether oxygens (including phenoxy) is 1. The van der Waals surface area contributed by atoms with Gasteiger partial charge in [0.15, 0.2) is 0 Å². The zero-order valence-corrected chi connectivity index (χ0v) is 7.48. The fourth-order valence-corrected chi connectivity index (χ4v) is 0.700. The molecule has 0 atom stereocenters. The summed E-state index contributed by atoms with van der Waals surface area (Å²) in [5, 5.41) is 9.63. The first-order chi connectivity index (χ1) is 5.18. The monoisotopic (exact) mass is 156 g/mol. The maximum absolute atomic E-state index is 9.63. The minimum absolute atomic E-state index is 0.391. The highest BCUT2D eigenvalue weighted by Crippen LogP contribution is 2.12. The van der Waals surface area contributed by atoms with E-state index in [1.54, 1.807) is 7.11 Å². The summed E-state index contributed by atoms with van der Waals surface area (Å²) in [5.41, 5.74) is -0.807. The molecule has 0 saturated heterocycles. The molecule has 1 N–H and O–H groups in total. The van der Waals surface area contributed by atoms with E-state index in [4.69, 9.17) is 4.74 Å². The van der Waals surface area contributed by atoms with Crippen molar-refractivity contribution < 1.29 is 9.84 Å². The van der Waals surface area contributed by atoms with E-state index in [2.05, 4.69) is 11.8 Å². The molecule has 0 saturated carbocycles. The van der Waals surface area contributed by atoms with Gasteiger partial charge in [-0.25, -0.2) is 0 Å². The number of aliphatic hydroxyl groups is 1. The zero-order chi connectivity index (χ0) is 8.74. The fraction of sp³-hybridized carbons (Fsp3) is 0.778. The Labute approximate surface area is 68.6 Å². The van der Waals surface area contributed by atoms with Crippen molar-refractivity contribution in [3.05, 3.63) is 0 Å². The van der Waals surface area contributed by atoms with Crippen molar-refractivity contribution in [2.75, 3.05) is 13.7 Å². The van der Waals surface area contributed by atoms with Crippen molar-refractivity contribution >= 4 is 0 Å². The van der Waals surface area contributed by atoms with Gasteiger partial charge in [-0.2, -0.15) is 0 Å². The van der Waals surface area contributed by atoms with E-state index in [1.807, 2.05) is 13.8 Å². The van der Waals surface area contributed by atoms with Gasteiger partial charge in [0.2, 0.25) is 0 Å². The molecule has 0 aliphatic carbocycles. The van der Waals surface area contributed by atoms with E-state index in [0.717, 1.165) is 0 Å². The van der Waals surface area contributed by atoms with Gasteiger partial charge in [-0.3, -0.25) is 0 Å². The van der Waals surface area contributed by atoms with E-state index in [1.165, 1.54) is 0 Å². The van der Waals surface area contributed by atoms with Crippen LogP contribution in [-0.4, -0.2) is 24.4 Å². The third-order valence-corrected chi connectivity index (χ3v) is 1.71. The van der Waals surface area contributed by atoms with Crippen molar-refractivity contribution in [3.63, 3.8) is 0 Å². The molecular weight excluding hydrogens is 140 g/mol. The van der Waals surface area contributed by atoms with Gasteiger partial charge in [0.1, 0.15) is 12.2 Å². The van der Waals surface area contributed by atoms with Crippen LogP contribution >= 0.6 is 0 Å². The number of methoxy groups -OCH3 is 1. The lowest BCUT2D eigenvalue weighted by Crippen LogP contribution is -2.23. The smallest absolute Gasteiger partial charge is 0.125 e. The highest BCUT2D eigenvalue weighted by molar-refractivity contribution is 5.12. The van der Waals surface area contributed by atoms with Crippen LogP contribution in [0.4, 0.5) is 0 Å². The second-order valence-corrected chi connectivity index (χ2v) is 2.47. The predicted octanol–water partition coefficient (Wildman–Crippen LogP) is 1.19. The van der Waals surface area contributed by atoms with Crippen molar-refractivity contribution in [1.29, 1.82) is 0 Å². The third-order valence-electron chi connectivity index (χ3n) is 1.71. The lowest BCUT2D eigenvalue weighted by molar-refractivity contribution is 0.0927. The Morgan fingerprint density at radius 3 is 2.27 bits per heavy atom. The normalized spacial score (nSPS) is 10.5. The standard InChI is InChI=1S/C9H16O2/c1-4-9(10,5-2)7-6-8-11-3/h10H,4-5,8H2,1-3H3. The van der Waals surface area contributed by atoms with Crippen LogP contribution in [0.5, 0.6) is 0 Å². The van der Waals surface area contributed by atoms with E-state index >= 15 is 0 Å². The van der Waals surface area contributed by atoms with Crippen LogP contribution in [-0.2, 0) is 4.74 Å². The summed E-state index contributed by atoms with van der Waals surface area (Å²) < 4.78 is 4.74. The molecule has 64 valence electrons. The number of hydrogen-bond acceptors (Lipinski definition) is 2. The molecule has 0 aliphatic rings. The summed E-state index contributed by atoms with van der Waals surface area (Å²) in [6.45, 7) is 4.23. The quantitative estimate of drug-likeness (QED) is 0.622. The molecule has 0 aromatic carbocycles. The molecule has 2 heteroatoms. The van der Waals surface area contributed by atoms with Crippen LogP contribution in [0.15, 0.2) is 0 Å². The maximum atomic E-state index is 9.63. The van der Waals surface area contributed by atoms with Gasteiger partial charge in [0.05, 0.1) is 0 Å². The highest BCUT2D eigenvalue weighted by atomic mass is 16.5. The summed E-state index contributed by atoms with van der Waals surface area (Å²) in [6, 6.07) is 0. The van der Waals surface area contributed by atoms with Gasteiger partial charge in [-0.05, 0) is 12.8 Å². The number of rotatable bonds is 3. The topological polar surface area (TPSA) is 29.5 Å². The molecule has 0 spiro atoms. The Balaban J connectivity index is 3.98. The number of hydrogen-bond donors (Lipinski definition) is 1. The summed E-state index contributed by atoms with van der Waals surface area (Å²) in [4.78, 5) is 0. The minimum Gasteiger partial charge on any atom is -0.378 e. The SMILES string of the molecule is CCC(O)(C#CCOC)CC. The molecule has 0 aliphatic heterocycles. The van der Waals surface area contributed by atoms with Gasteiger partial charge in [0.25, 0.3) is 0 Å². The first-order valence-electron chi connectivity index (χ1n) is 3.90. The fourth-order valence-electron chi connectivity index (χ4n) is 0.700. The lowest BCUT2D eigenvalue weighted by Gasteiger charge is -2.16. The molecule has 0 unspecified atom stereocenters. The van der Waals surface area contributed by atoms with Crippen molar-refractivity contribution in [3.8, 4) is 11.8 Å². The van der Waals surface area contributed by atoms with Crippen LogP contribution in [0.1, 0.15) is 26.7 Å². The summed E-state index contributed by atoms with van der Waals surface area (Å²) >= 11 is 0. The molecular formula is C9H16O2. The first-order valence-corrected chi connectivity index (χ1v) is 3.90. The lowest BCUT2D eigenvalue weighted by atomic mass is 9.99. The van der Waals surface area contributed by atoms with Crippen molar-refractivity contribution in [2.24, 2.45) is 0 Å². The summed E-state index contributed by atoms with van der Waals surface area (Å²) in [7, 11) is 1.59. The van der Waals surface area contributed by atoms with E-state index in [-0.39, 0.29) is 0 Å². The van der Waals surface area contributed by atoms with Gasteiger partial charge in [-0.1, -0.05) is 25.7 Å². The molecule has 0 radical (unpaired) electrons.